The molecule has 84 valence electrons. The zero-order chi connectivity index (χ0) is 11.4. The Morgan fingerprint density at radius 2 is 2.44 bits per heavy atom. The van der Waals surface area contributed by atoms with E-state index in [4.69, 9.17) is 0 Å². The standard InChI is InChI=1S/C12H15N3O/c1-12(7-8-14-15-11(12)16)13-9-10-5-3-2-4-6-10/h2-3,5,7-8,13H,4,6,9H2,1H3. The highest BCUT2D eigenvalue weighted by atomic mass is 16.2. The molecule has 2 rings (SSSR count). The van der Waals surface area contributed by atoms with Crippen molar-refractivity contribution in [2.24, 2.45) is 10.2 Å². The van der Waals surface area contributed by atoms with Gasteiger partial charge in [0, 0.05) is 12.7 Å². The van der Waals surface area contributed by atoms with E-state index in [0.29, 0.717) is 6.54 Å². The summed E-state index contributed by atoms with van der Waals surface area (Å²) in [5, 5.41) is 10.4. The van der Waals surface area contributed by atoms with E-state index in [0.717, 1.165) is 12.8 Å². The molecule has 4 nitrogen and oxygen atoms in total. The topological polar surface area (TPSA) is 53.8 Å². The molecule has 1 amide bonds. The van der Waals surface area contributed by atoms with Crippen molar-refractivity contribution in [3.63, 3.8) is 0 Å². The second-order valence-electron chi connectivity index (χ2n) is 4.18. The summed E-state index contributed by atoms with van der Waals surface area (Å²) in [4.78, 5) is 11.6. The molecule has 0 spiro atoms. The third-order valence-electron chi connectivity index (χ3n) is 2.85. The van der Waals surface area contributed by atoms with Gasteiger partial charge in [0.05, 0.1) is 0 Å². The van der Waals surface area contributed by atoms with Crippen LogP contribution in [-0.2, 0) is 4.79 Å². The molecule has 1 unspecified atom stereocenters. The molecule has 1 aliphatic carbocycles. The Balaban J connectivity index is 1.97. The van der Waals surface area contributed by atoms with Crippen molar-refractivity contribution >= 4 is 5.91 Å². The van der Waals surface area contributed by atoms with Crippen LogP contribution in [0.1, 0.15) is 19.8 Å². The first-order valence-electron chi connectivity index (χ1n) is 5.43. The van der Waals surface area contributed by atoms with Gasteiger partial charge in [-0.05, 0) is 25.8 Å². The fraction of sp³-hybridized carbons (Fsp3) is 0.417. The number of nitrogens with one attached hydrogen (secondary N) is 1. The average Bonchev–Trinajstić information content (AvgIpc) is 2.32. The van der Waals surface area contributed by atoms with Gasteiger partial charge < -0.3 is 0 Å². The van der Waals surface area contributed by atoms with Gasteiger partial charge in [-0.2, -0.15) is 5.11 Å². The third-order valence-corrected chi connectivity index (χ3v) is 2.85. The second kappa shape index (κ2) is 4.53. The predicted octanol–water partition coefficient (Wildman–Crippen LogP) is 2.12. The number of allylic oxidation sites excluding steroid dienone is 3. The smallest absolute Gasteiger partial charge is 0.288 e. The van der Waals surface area contributed by atoms with Crippen molar-refractivity contribution in [3.05, 3.63) is 36.1 Å². The molecule has 0 saturated heterocycles. The molecule has 0 aromatic carbocycles. The third kappa shape index (κ3) is 2.33. The van der Waals surface area contributed by atoms with Crippen molar-refractivity contribution < 1.29 is 4.79 Å². The fourth-order valence-electron chi connectivity index (χ4n) is 1.67. The Bertz CT molecular complexity index is 406. The van der Waals surface area contributed by atoms with E-state index in [1.807, 2.05) is 6.92 Å². The summed E-state index contributed by atoms with van der Waals surface area (Å²) in [6.45, 7) is 2.54. The number of nitrogens with zero attached hydrogens (tertiary/aromatic N) is 2. The Morgan fingerprint density at radius 1 is 1.56 bits per heavy atom. The van der Waals surface area contributed by atoms with E-state index >= 15 is 0 Å². The summed E-state index contributed by atoms with van der Waals surface area (Å²) in [5.41, 5.74) is 0.608. The molecule has 0 bridgehead atoms. The normalized spacial score (nSPS) is 28.3. The van der Waals surface area contributed by atoms with Crippen molar-refractivity contribution in [2.45, 2.75) is 25.3 Å². The highest BCUT2D eigenvalue weighted by Crippen LogP contribution is 2.16. The van der Waals surface area contributed by atoms with Crippen molar-refractivity contribution in [2.75, 3.05) is 6.54 Å². The summed E-state index contributed by atoms with van der Waals surface area (Å²) in [5.74, 6) is -0.234. The van der Waals surface area contributed by atoms with Crippen LogP contribution in [-0.4, -0.2) is 18.0 Å². The lowest BCUT2D eigenvalue weighted by Gasteiger charge is -2.25. The van der Waals surface area contributed by atoms with Crippen molar-refractivity contribution in [3.8, 4) is 0 Å². The molecule has 0 aromatic heterocycles. The number of azo groups is 1. The van der Waals surface area contributed by atoms with Gasteiger partial charge in [0.1, 0.15) is 5.54 Å². The summed E-state index contributed by atoms with van der Waals surface area (Å²) in [6.07, 6.45) is 11.7. The molecule has 1 aliphatic heterocycles. The minimum absolute atomic E-state index is 0.234. The van der Waals surface area contributed by atoms with Gasteiger partial charge in [0.15, 0.2) is 0 Å². The molecule has 16 heavy (non-hydrogen) atoms. The number of rotatable bonds is 3. The average molecular weight is 217 g/mol. The number of amides is 1. The monoisotopic (exact) mass is 217 g/mol. The largest absolute Gasteiger partial charge is 0.296 e. The van der Waals surface area contributed by atoms with Gasteiger partial charge in [0.2, 0.25) is 0 Å². The van der Waals surface area contributed by atoms with Crippen LogP contribution in [0.2, 0.25) is 0 Å². The number of carbonyl (C=O) groups is 1. The summed E-state index contributed by atoms with van der Waals surface area (Å²) in [6, 6.07) is 0. The quantitative estimate of drug-likeness (QED) is 0.787. The number of hydrogen-bond acceptors (Lipinski definition) is 3. The van der Waals surface area contributed by atoms with Crippen LogP contribution in [0.25, 0.3) is 0 Å². The van der Waals surface area contributed by atoms with Crippen LogP contribution < -0.4 is 5.32 Å². The molecule has 1 N–H and O–H groups in total. The first kappa shape index (κ1) is 11.0. The molecule has 0 fully saturated rings. The number of carbonyl (C=O) groups excluding carboxylic acids is 1. The van der Waals surface area contributed by atoms with Gasteiger partial charge in [0.25, 0.3) is 5.91 Å². The van der Waals surface area contributed by atoms with Crippen LogP contribution in [0.15, 0.2) is 46.3 Å². The van der Waals surface area contributed by atoms with Crippen LogP contribution in [0.4, 0.5) is 0 Å². The molecule has 0 saturated carbocycles. The van der Waals surface area contributed by atoms with E-state index in [9.17, 15) is 4.79 Å². The predicted molar refractivity (Wildman–Crippen MR) is 61.9 cm³/mol. The van der Waals surface area contributed by atoms with Gasteiger partial charge in [-0.3, -0.25) is 10.1 Å². The van der Waals surface area contributed by atoms with Crippen molar-refractivity contribution in [1.82, 2.24) is 5.32 Å². The maximum Gasteiger partial charge on any atom is 0.288 e. The lowest BCUT2D eigenvalue weighted by Crippen LogP contribution is -2.48. The summed E-state index contributed by atoms with van der Waals surface area (Å²) < 4.78 is 0. The Hall–Kier alpha value is -1.55. The van der Waals surface area contributed by atoms with E-state index in [2.05, 4.69) is 33.8 Å². The molecule has 2 aliphatic rings. The second-order valence-corrected chi connectivity index (χ2v) is 4.18. The minimum atomic E-state index is -0.705. The highest BCUT2D eigenvalue weighted by Gasteiger charge is 2.31. The van der Waals surface area contributed by atoms with Crippen LogP contribution in [0, 0.1) is 0 Å². The zero-order valence-electron chi connectivity index (χ0n) is 9.31. The molecule has 4 heteroatoms. The molecule has 0 aromatic rings. The van der Waals surface area contributed by atoms with Gasteiger partial charge in [-0.15, -0.1) is 5.11 Å². The van der Waals surface area contributed by atoms with Crippen LogP contribution in [0.3, 0.4) is 0 Å². The first-order valence-corrected chi connectivity index (χ1v) is 5.43. The zero-order valence-corrected chi connectivity index (χ0v) is 9.31. The summed E-state index contributed by atoms with van der Waals surface area (Å²) in [7, 11) is 0. The highest BCUT2D eigenvalue weighted by molar-refractivity contribution is 5.89. The molecule has 1 atom stereocenters. The van der Waals surface area contributed by atoms with Crippen molar-refractivity contribution in [1.29, 1.82) is 0 Å². The fourth-order valence-corrected chi connectivity index (χ4v) is 1.67. The van der Waals surface area contributed by atoms with Gasteiger partial charge >= 0.3 is 0 Å². The molecular weight excluding hydrogens is 202 g/mol. The minimum Gasteiger partial charge on any atom is -0.296 e. The molecule has 0 radical (unpaired) electrons. The maximum atomic E-state index is 11.6. The molecular formula is C12H15N3O. The summed E-state index contributed by atoms with van der Waals surface area (Å²) >= 11 is 0. The lowest BCUT2D eigenvalue weighted by molar-refractivity contribution is -0.122. The SMILES string of the molecule is CC1(NCC2=CC=CCC2)C=CN=NC1=O. The number of hydrogen-bond donors (Lipinski definition) is 1. The maximum absolute atomic E-state index is 11.6. The Morgan fingerprint density at radius 3 is 3.12 bits per heavy atom. The Kier molecular flexibility index (Phi) is 3.10. The lowest BCUT2D eigenvalue weighted by atomic mass is 9.98. The first-order chi connectivity index (χ1) is 7.71. The molecule has 1 heterocycles. The van der Waals surface area contributed by atoms with E-state index in [1.165, 1.54) is 5.57 Å². The van der Waals surface area contributed by atoms with Crippen LogP contribution >= 0.6 is 0 Å². The van der Waals surface area contributed by atoms with Gasteiger partial charge in [-0.1, -0.05) is 23.8 Å². The van der Waals surface area contributed by atoms with Gasteiger partial charge in [-0.25, -0.2) is 0 Å². The van der Waals surface area contributed by atoms with Crippen LogP contribution in [0.5, 0.6) is 0 Å². The van der Waals surface area contributed by atoms with E-state index in [1.54, 1.807) is 12.3 Å². The van der Waals surface area contributed by atoms with E-state index in [-0.39, 0.29) is 5.91 Å². The Labute approximate surface area is 94.8 Å². The van der Waals surface area contributed by atoms with E-state index < -0.39 is 5.54 Å².